The molecule has 10 heteroatoms. The van der Waals surface area contributed by atoms with E-state index in [-0.39, 0.29) is 11.2 Å². The summed E-state index contributed by atoms with van der Waals surface area (Å²) in [6.07, 6.45) is -3.87. The first-order chi connectivity index (χ1) is 9.08. The average Bonchev–Trinajstić information content (AvgIpc) is 2.82. The van der Waals surface area contributed by atoms with E-state index >= 15 is 0 Å². The van der Waals surface area contributed by atoms with E-state index in [1.54, 1.807) is 0 Å². The molecule has 4 atom stereocenters. The third-order valence-electron chi connectivity index (χ3n) is 3.54. The fourth-order valence-electron chi connectivity index (χ4n) is 2.63. The van der Waals surface area contributed by atoms with E-state index in [1.165, 1.54) is 9.25 Å². The molecule has 2 aromatic rings. The third kappa shape index (κ3) is 1.28. The number of hydrogen-bond acceptors (Lipinski definition) is 7. The number of hydrogen-bond donors (Lipinski definition) is 3. The Morgan fingerprint density at radius 3 is 3.00 bits per heavy atom. The fourth-order valence-corrected chi connectivity index (χ4v) is 2.85. The van der Waals surface area contributed by atoms with E-state index in [0.29, 0.717) is 11.2 Å². The summed E-state index contributed by atoms with van der Waals surface area (Å²) in [7, 11) is 0. The Labute approximate surface area is 110 Å². The third-order valence-corrected chi connectivity index (χ3v) is 3.83. The SMILES string of the molecule is O=c1[nH]c(=S)c2nnn3c2n1[C@@H]1O[C@H](C3)C(O)C1O. The van der Waals surface area contributed by atoms with Crippen LogP contribution in [0.3, 0.4) is 0 Å². The van der Waals surface area contributed by atoms with Gasteiger partial charge in [-0.1, -0.05) is 17.4 Å². The van der Waals surface area contributed by atoms with Gasteiger partial charge in [0.1, 0.15) is 23.0 Å². The van der Waals surface area contributed by atoms with E-state index < -0.39 is 30.2 Å². The van der Waals surface area contributed by atoms with Crippen molar-refractivity contribution in [2.75, 3.05) is 0 Å². The van der Waals surface area contributed by atoms with Gasteiger partial charge in [-0.25, -0.2) is 14.0 Å². The lowest BCUT2D eigenvalue weighted by molar-refractivity contribution is -0.0357. The lowest BCUT2D eigenvalue weighted by atomic mass is 10.1. The Hall–Kier alpha value is -1.62. The minimum Gasteiger partial charge on any atom is -0.387 e. The molecule has 2 aliphatic heterocycles. The van der Waals surface area contributed by atoms with E-state index in [2.05, 4.69) is 15.3 Å². The molecule has 0 amide bonds. The van der Waals surface area contributed by atoms with Crippen LogP contribution < -0.4 is 5.69 Å². The maximum absolute atomic E-state index is 12.1. The molecular formula is C9H9N5O4S. The number of fused-ring (bicyclic) bond motifs is 3. The summed E-state index contributed by atoms with van der Waals surface area (Å²) in [6.45, 7) is 0.198. The van der Waals surface area contributed by atoms with Gasteiger partial charge in [0.2, 0.25) is 0 Å². The molecule has 1 fully saturated rings. The molecule has 3 N–H and O–H groups in total. The number of aromatic nitrogens is 5. The van der Waals surface area contributed by atoms with E-state index in [1.807, 2.05) is 0 Å². The van der Waals surface area contributed by atoms with Gasteiger partial charge in [0.25, 0.3) is 0 Å². The van der Waals surface area contributed by atoms with Gasteiger partial charge in [-0.05, 0) is 0 Å². The number of aliphatic hydroxyl groups excluding tert-OH is 2. The number of ether oxygens (including phenoxy) is 1. The Morgan fingerprint density at radius 1 is 1.42 bits per heavy atom. The maximum atomic E-state index is 12.1. The summed E-state index contributed by atoms with van der Waals surface area (Å²) in [5, 5.41) is 27.7. The highest BCUT2D eigenvalue weighted by atomic mass is 32.1. The predicted octanol–water partition coefficient (Wildman–Crippen LogP) is -1.72. The predicted molar refractivity (Wildman–Crippen MR) is 62.9 cm³/mol. The van der Waals surface area contributed by atoms with E-state index in [4.69, 9.17) is 17.0 Å². The first-order valence-corrected chi connectivity index (χ1v) is 6.08. The molecule has 1 saturated heterocycles. The van der Waals surface area contributed by atoms with Crippen molar-refractivity contribution < 1.29 is 14.9 Å². The molecule has 2 aliphatic rings. The first-order valence-electron chi connectivity index (χ1n) is 5.67. The number of nitrogens with zero attached hydrogens (tertiary/aromatic N) is 4. The highest BCUT2D eigenvalue weighted by Gasteiger charge is 2.47. The van der Waals surface area contributed by atoms with Gasteiger partial charge in [-0.2, -0.15) is 0 Å². The van der Waals surface area contributed by atoms with Crippen LogP contribution in [0.1, 0.15) is 6.23 Å². The normalized spacial score (nSPS) is 32.7. The Kier molecular flexibility index (Phi) is 2.05. The molecule has 0 spiro atoms. The Morgan fingerprint density at radius 2 is 2.21 bits per heavy atom. The van der Waals surface area contributed by atoms with Crippen LogP contribution in [0, 0.1) is 4.64 Å². The van der Waals surface area contributed by atoms with Crippen molar-refractivity contribution in [1.29, 1.82) is 0 Å². The van der Waals surface area contributed by atoms with Crippen molar-refractivity contribution in [2.24, 2.45) is 0 Å². The maximum Gasteiger partial charge on any atom is 0.330 e. The lowest BCUT2D eigenvalue weighted by Gasteiger charge is -2.19. The van der Waals surface area contributed by atoms with Crippen molar-refractivity contribution in [1.82, 2.24) is 24.5 Å². The second-order valence-electron chi connectivity index (χ2n) is 4.62. The fraction of sp³-hybridized carbons (Fsp3) is 0.556. The Balaban J connectivity index is 2.14. The van der Waals surface area contributed by atoms with Crippen LogP contribution in [0.15, 0.2) is 4.79 Å². The van der Waals surface area contributed by atoms with Crippen LogP contribution in [0.25, 0.3) is 11.2 Å². The monoisotopic (exact) mass is 283 g/mol. The number of nitrogens with one attached hydrogen (secondary N) is 1. The quantitative estimate of drug-likeness (QED) is 0.492. The minimum atomic E-state index is -1.18. The van der Waals surface area contributed by atoms with Gasteiger partial charge in [-0.15, -0.1) is 5.10 Å². The van der Waals surface area contributed by atoms with Crippen LogP contribution in [-0.2, 0) is 11.3 Å². The van der Waals surface area contributed by atoms with Crippen LogP contribution >= 0.6 is 12.2 Å². The zero-order valence-corrected chi connectivity index (χ0v) is 10.2. The van der Waals surface area contributed by atoms with Crippen molar-refractivity contribution in [3.05, 3.63) is 15.1 Å². The van der Waals surface area contributed by atoms with Crippen LogP contribution in [0.4, 0.5) is 0 Å². The second-order valence-corrected chi connectivity index (χ2v) is 5.03. The number of aromatic amines is 1. The van der Waals surface area contributed by atoms with Crippen molar-refractivity contribution in [3.63, 3.8) is 0 Å². The van der Waals surface area contributed by atoms with E-state index in [9.17, 15) is 15.0 Å². The van der Waals surface area contributed by atoms with Gasteiger partial charge in [0, 0.05) is 0 Å². The second kappa shape index (κ2) is 3.48. The van der Waals surface area contributed by atoms with Gasteiger partial charge >= 0.3 is 5.69 Å². The zero-order valence-electron chi connectivity index (χ0n) is 9.42. The molecule has 2 unspecified atom stereocenters. The topological polar surface area (TPSA) is 118 Å². The van der Waals surface area contributed by atoms with Crippen molar-refractivity contribution in [3.8, 4) is 0 Å². The molecule has 100 valence electrons. The molecule has 0 aliphatic carbocycles. The zero-order chi connectivity index (χ0) is 13.3. The van der Waals surface area contributed by atoms with Gasteiger partial charge < -0.3 is 14.9 Å². The molecule has 4 heterocycles. The molecule has 0 aromatic carbocycles. The first kappa shape index (κ1) is 11.2. The molecule has 9 nitrogen and oxygen atoms in total. The summed E-state index contributed by atoms with van der Waals surface area (Å²) in [4.78, 5) is 14.5. The summed E-state index contributed by atoms with van der Waals surface area (Å²) < 4.78 is 8.37. The smallest absolute Gasteiger partial charge is 0.330 e. The summed E-state index contributed by atoms with van der Waals surface area (Å²) >= 11 is 5.03. The molecule has 0 radical (unpaired) electrons. The van der Waals surface area contributed by atoms with Crippen molar-refractivity contribution >= 4 is 23.4 Å². The van der Waals surface area contributed by atoms with Gasteiger partial charge in [0.15, 0.2) is 17.4 Å². The molecule has 0 saturated carbocycles. The molecule has 19 heavy (non-hydrogen) atoms. The van der Waals surface area contributed by atoms with Crippen molar-refractivity contribution in [2.45, 2.75) is 31.1 Å². The lowest BCUT2D eigenvalue weighted by Crippen LogP contribution is -2.39. The number of rotatable bonds is 0. The van der Waals surface area contributed by atoms with Gasteiger partial charge in [-0.3, -0.25) is 4.98 Å². The number of H-pyrrole nitrogens is 1. The molecule has 2 bridgehead atoms. The van der Waals surface area contributed by atoms with Gasteiger partial charge in [0.05, 0.1) is 6.54 Å². The Bertz CT molecular complexity index is 794. The summed E-state index contributed by atoms with van der Waals surface area (Å²) in [6, 6.07) is 0. The average molecular weight is 283 g/mol. The molecule has 4 rings (SSSR count). The van der Waals surface area contributed by atoms with E-state index in [0.717, 1.165) is 0 Å². The number of aliphatic hydroxyl groups is 2. The highest BCUT2D eigenvalue weighted by Crippen LogP contribution is 2.33. The molecule has 2 aromatic heterocycles. The van der Waals surface area contributed by atoms with Crippen LogP contribution in [-0.4, -0.2) is 53.1 Å². The van der Waals surface area contributed by atoms with Crippen LogP contribution in [0.5, 0.6) is 0 Å². The highest BCUT2D eigenvalue weighted by molar-refractivity contribution is 7.71. The summed E-state index contributed by atoms with van der Waals surface area (Å²) in [5.41, 5.74) is 0.236. The largest absolute Gasteiger partial charge is 0.387 e. The molecular weight excluding hydrogens is 274 g/mol. The standard InChI is InChI=1S/C9H9N5O4S/c15-4-2-1-13-7-3(11-12-13)6(19)10-9(17)14(7)8(18-2)5(4)16/h2,4-5,8,15-16H,1H2,(H,10,17,19)/t2-,4?,5?,8-/m1/s1. The summed E-state index contributed by atoms with van der Waals surface area (Å²) in [5.74, 6) is 0. The minimum absolute atomic E-state index is 0.190. The van der Waals surface area contributed by atoms with Crippen LogP contribution in [0.2, 0.25) is 0 Å².